The number of aliphatic hydroxyl groups excluding tert-OH is 2. The molecule has 1 aromatic heterocycles. The van der Waals surface area contributed by atoms with Crippen LogP contribution in [0, 0.1) is 5.92 Å². The number of aliphatic hydroxyl groups is 2. The van der Waals surface area contributed by atoms with Gasteiger partial charge in [0.05, 0.1) is 31.1 Å². The largest absolute Gasteiger partial charge is 0.497 e. The van der Waals surface area contributed by atoms with Gasteiger partial charge < -0.3 is 34.0 Å². The normalized spacial score (nSPS) is 23.7. The number of hydrogen-bond acceptors (Lipinski definition) is 8. The van der Waals surface area contributed by atoms with Crippen LogP contribution < -0.4 is 15.0 Å². The van der Waals surface area contributed by atoms with Crippen molar-refractivity contribution in [2.45, 2.75) is 76.2 Å². The zero-order valence-corrected chi connectivity index (χ0v) is 26.7. The Kier molecular flexibility index (Phi) is 8.94. The van der Waals surface area contributed by atoms with Gasteiger partial charge in [-0.2, -0.15) is 0 Å². The third-order valence-corrected chi connectivity index (χ3v) is 11.1. The number of fused-ring (bicyclic) bond motifs is 2. The molecule has 0 unspecified atom stereocenters. The average molecular weight is 626 g/mol. The molecule has 5 atom stereocenters. The highest BCUT2D eigenvalue weighted by molar-refractivity contribution is 6.72. The van der Waals surface area contributed by atoms with Gasteiger partial charge in [0.25, 0.3) is 11.8 Å². The highest BCUT2D eigenvalue weighted by atomic mass is 28.4. The smallest absolute Gasteiger partial charge is 0.264 e. The van der Waals surface area contributed by atoms with Crippen molar-refractivity contribution in [1.29, 1.82) is 0 Å². The van der Waals surface area contributed by atoms with Crippen molar-refractivity contribution < 1.29 is 33.4 Å². The lowest BCUT2D eigenvalue weighted by Crippen LogP contribution is -2.45. The fourth-order valence-electron chi connectivity index (χ4n) is 6.69. The maximum Gasteiger partial charge on any atom is 0.264 e. The van der Waals surface area contributed by atoms with E-state index in [2.05, 4.69) is 15.6 Å². The molecule has 1 saturated heterocycles. The van der Waals surface area contributed by atoms with Gasteiger partial charge in [0.2, 0.25) is 8.41 Å². The summed E-state index contributed by atoms with van der Waals surface area (Å²) in [6.07, 6.45) is 0.863. The van der Waals surface area contributed by atoms with E-state index in [1.165, 1.54) is 6.92 Å². The molecule has 44 heavy (non-hydrogen) atoms. The summed E-state index contributed by atoms with van der Waals surface area (Å²) >= 11 is 0. The number of methoxy groups -OCH3 is 1. The maximum atomic E-state index is 16.2. The molecule has 2 aliphatic heterocycles. The Labute approximate surface area is 257 Å². The van der Waals surface area contributed by atoms with E-state index in [1.54, 1.807) is 60.2 Å². The van der Waals surface area contributed by atoms with Crippen LogP contribution in [-0.4, -0.2) is 71.4 Å². The van der Waals surface area contributed by atoms with Crippen molar-refractivity contribution in [3.63, 3.8) is 0 Å². The van der Waals surface area contributed by atoms with E-state index in [4.69, 9.17) is 9.47 Å². The first-order valence-corrected chi connectivity index (χ1v) is 17.8. The zero-order chi connectivity index (χ0) is 31.8. The summed E-state index contributed by atoms with van der Waals surface area (Å²) < 4.78 is 30.2. The highest BCUT2D eigenvalue weighted by Gasteiger charge is 2.66. The van der Waals surface area contributed by atoms with Crippen LogP contribution >= 0.6 is 0 Å². The minimum atomic E-state index is -3.36. The molecule has 0 saturated carbocycles. The molecular formula is C31H40FN5O6Si. The maximum absolute atomic E-state index is 16.2. The predicted molar refractivity (Wildman–Crippen MR) is 164 cm³/mol. The van der Waals surface area contributed by atoms with E-state index in [0.29, 0.717) is 47.8 Å². The van der Waals surface area contributed by atoms with Crippen LogP contribution in [0.25, 0.3) is 0 Å². The van der Waals surface area contributed by atoms with Gasteiger partial charge in [-0.1, -0.05) is 24.3 Å². The van der Waals surface area contributed by atoms with E-state index in [1.807, 2.05) is 25.1 Å². The third-order valence-electron chi connectivity index (χ3n) is 8.68. The van der Waals surface area contributed by atoms with Crippen LogP contribution in [0.3, 0.4) is 0 Å². The quantitative estimate of drug-likeness (QED) is 0.217. The average Bonchev–Trinajstić information content (AvgIpc) is 3.62. The summed E-state index contributed by atoms with van der Waals surface area (Å²) in [6, 6.07) is 12.5. The second-order valence-corrected chi connectivity index (χ2v) is 15.9. The first-order valence-electron chi connectivity index (χ1n) is 14.8. The van der Waals surface area contributed by atoms with Crippen molar-refractivity contribution in [3.05, 3.63) is 65.5 Å². The van der Waals surface area contributed by atoms with Gasteiger partial charge in [0, 0.05) is 48.5 Å². The molecule has 2 aromatic carbocycles. The molecular weight excluding hydrogens is 585 g/mol. The number of benzene rings is 2. The first kappa shape index (κ1) is 31.8. The van der Waals surface area contributed by atoms with Gasteiger partial charge in [-0.3, -0.25) is 14.3 Å². The Balaban J connectivity index is 1.49. The molecule has 3 heterocycles. The first-order chi connectivity index (χ1) is 20.9. The van der Waals surface area contributed by atoms with Crippen LogP contribution in [-0.2, 0) is 39.4 Å². The molecule has 0 bridgehead atoms. The van der Waals surface area contributed by atoms with Crippen LogP contribution in [0.4, 0.5) is 15.5 Å². The number of halogens is 1. The number of carbonyl (C=O) groups is 2. The summed E-state index contributed by atoms with van der Waals surface area (Å²) in [6.45, 7) is 7.19. The second-order valence-electron chi connectivity index (χ2n) is 12.1. The minimum Gasteiger partial charge on any atom is -0.497 e. The number of aryl methyl sites for hydroxylation is 1. The van der Waals surface area contributed by atoms with E-state index in [-0.39, 0.29) is 19.1 Å². The lowest BCUT2D eigenvalue weighted by molar-refractivity contribution is -0.146. The fraction of sp³-hybridized carbons (Fsp3) is 0.484. The fourth-order valence-corrected chi connectivity index (χ4v) is 9.24. The Bertz CT molecular complexity index is 1530. The van der Waals surface area contributed by atoms with E-state index >= 15 is 4.11 Å². The van der Waals surface area contributed by atoms with Gasteiger partial charge in [-0.25, -0.2) is 0 Å². The van der Waals surface area contributed by atoms with Gasteiger partial charge in [0.15, 0.2) is 5.60 Å². The molecule has 2 aliphatic rings. The molecule has 1 fully saturated rings. The number of hydrogen-bond donors (Lipinski definition) is 3. The van der Waals surface area contributed by atoms with Gasteiger partial charge >= 0.3 is 0 Å². The van der Waals surface area contributed by atoms with Crippen LogP contribution in [0.2, 0.25) is 18.6 Å². The lowest BCUT2D eigenvalue weighted by atomic mass is 9.82. The molecule has 1 spiro atoms. The molecule has 11 nitrogen and oxygen atoms in total. The van der Waals surface area contributed by atoms with Gasteiger partial charge in [-0.05, 0) is 62.3 Å². The number of carbonyl (C=O) groups excluding carboxylic acids is 2. The van der Waals surface area contributed by atoms with Crippen molar-refractivity contribution >= 4 is 31.6 Å². The van der Waals surface area contributed by atoms with E-state index in [0.717, 1.165) is 5.56 Å². The number of amides is 2. The number of nitrogens with one attached hydrogen (secondary N) is 1. The highest BCUT2D eigenvalue weighted by Crippen LogP contribution is 2.60. The molecule has 3 N–H and O–H groups in total. The van der Waals surface area contributed by atoms with E-state index in [9.17, 15) is 19.8 Å². The van der Waals surface area contributed by atoms with Crippen LogP contribution in [0.1, 0.15) is 37.1 Å². The summed E-state index contributed by atoms with van der Waals surface area (Å²) in [7, 11) is -1.80. The molecule has 0 radical (unpaired) electrons. The Morgan fingerprint density at radius 3 is 2.73 bits per heavy atom. The van der Waals surface area contributed by atoms with Gasteiger partial charge in [0.1, 0.15) is 11.9 Å². The summed E-state index contributed by atoms with van der Waals surface area (Å²) in [5, 5.41) is 29.7. The zero-order valence-electron chi connectivity index (χ0n) is 25.7. The van der Waals surface area contributed by atoms with Crippen molar-refractivity contribution in [2.75, 3.05) is 23.9 Å². The summed E-state index contributed by atoms with van der Waals surface area (Å²) in [5.41, 5.74) is 1.31. The number of aromatic nitrogens is 3. The summed E-state index contributed by atoms with van der Waals surface area (Å²) in [5.74, 6) is -0.718. The molecule has 13 heteroatoms. The number of nitrogens with zero attached hydrogens (tertiary/aromatic N) is 4. The van der Waals surface area contributed by atoms with Crippen molar-refractivity contribution in [1.82, 2.24) is 15.0 Å². The molecule has 5 rings (SSSR count). The van der Waals surface area contributed by atoms with Crippen molar-refractivity contribution in [3.8, 4) is 5.75 Å². The van der Waals surface area contributed by atoms with Crippen molar-refractivity contribution in [2.24, 2.45) is 5.92 Å². The number of rotatable bonds is 11. The number of ether oxygens (including phenoxy) is 2. The van der Waals surface area contributed by atoms with E-state index < -0.39 is 43.6 Å². The Hall–Kier alpha value is -3.65. The molecule has 236 valence electrons. The standard InChI is InChI=1S/C31H40FN5O6Si/c1-19-28(44(4,5)32)27(11-13-36-18-23(12-14-38)34-35-36)43-31(19)25-16-24(42-3)9-10-26(25)37(30(31)41)17-21-7-6-8-22(15-21)33-29(40)20(2)39/h6-10,15-16,18-20,27-28,38-39H,11-14,17H2,1-5H3,(H,33,40)/t19-,20-,27+,28-,31+/m0/s1. The van der Waals surface area contributed by atoms with Gasteiger partial charge in [-0.15, -0.1) is 5.10 Å². The monoisotopic (exact) mass is 625 g/mol. The Morgan fingerprint density at radius 2 is 2.05 bits per heavy atom. The predicted octanol–water partition coefficient (Wildman–Crippen LogP) is 3.55. The lowest BCUT2D eigenvalue weighted by Gasteiger charge is -2.31. The Morgan fingerprint density at radius 1 is 1.27 bits per heavy atom. The minimum absolute atomic E-state index is 0.0313. The number of anilines is 2. The molecule has 0 aliphatic carbocycles. The molecule has 3 aromatic rings. The summed E-state index contributed by atoms with van der Waals surface area (Å²) in [4.78, 5) is 28.3. The molecule has 2 amide bonds. The van der Waals surface area contributed by atoms with Crippen LogP contribution in [0.15, 0.2) is 48.7 Å². The third kappa shape index (κ3) is 5.88. The second kappa shape index (κ2) is 12.4. The SMILES string of the molecule is COc1ccc2c(c1)[C@@]1(O[C@H](CCn3cc(CCO)nn3)[C@@H]([Si](C)(C)F)[C@@H]1C)C(=O)N2Cc1cccc(NC(=O)[C@H](C)O)c1. The van der Waals surface area contributed by atoms with Crippen LogP contribution in [0.5, 0.6) is 5.75 Å². The topological polar surface area (TPSA) is 139 Å².